The minimum absolute atomic E-state index is 0.0250. The van der Waals surface area contributed by atoms with E-state index in [9.17, 15) is 9.18 Å². The number of aromatic nitrogens is 1. The molecule has 18 heavy (non-hydrogen) atoms. The van der Waals surface area contributed by atoms with Crippen LogP contribution in [0.2, 0.25) is 0 Å². The molecule has 0 fully saturated rings. The average molecular weight is 314 g/mol. The number of rotatable bonds is 3. The maximum absolute atomic E-state index is 13.8. The zero-order valence-corrected chi connectivity index (χ0v) is 11.0. The van der Waals surface area contributed by atoms with E-state index in [4.69, 9.17) is 9.52 Å². The highest BCUT2D eigenvalue weighted by molar-refractivity contribution is 9.10. The number of nitrogens with zero attached hydrogens (tertiary/aromatic N) is 1. The summed E-state index contributed by atoms with van der Waals surface area (Å²) in [6, 6.07) is 4.65. The predicted molar refractivity (Wildman–Crippen MR) is 65.9 cm³/mol. The standard InChI is InChI=1S/C12H9BrFNO3/c1-2-8-10(12(16)17)18-11(15-8)6-4-3-5-7(13)9(6)14/h3-5H,2H2,1H3,(H,16,17). The lowest BCUT2D eigenvalue weighted by atomic mass is 10.2. The molecule has 0 amide bonds. The SMILES string of the molecule is CCc1nc(-c2cccc(Br)c2F)oc1C(=O)O. The van der Waals surface area contributed by atoms with E-state index in [-0.39, 0.29) is 21.7 Å². The molecule has 94 valence electrons. The first-order valence-electron chi connectivity index (χ1n) is 5.22. The molecule has 0 unspecified atom stereocenters. The number of carboxylic acids is 1. The van der Waals surface area contributed by atoms with Gasteiger partial charge in [-0.25, -0.2) is 14.2 Å². The fourth-order valence-corrected chi connectivity index (χ4v) is 1.91. The molecule has 2 rings (SSSR count). The molecular formula is C12H9BrFNO3. The summed E-state index contributed by atoms with van der Waals surface area (Å²) >= 11 is 3.05. The van der Waals surface area contributed by atoms with Crippen molar-refractivity contribution in [3.63, 3.8) is 0 Å². The summed E-state index contributed by atoms with van der Waals surface area (Å²) in [6.07, 6.45) is 0.404. The van der Waals surface area contributed by atoms with Crippen molar-refractivity contribution in [1.29, 1.82) is 0 Å². The molecule has 0 saturated heterocycles. The number of hydrogen-bond acceptors (Lipinski definition) is 3. The summed E-state index contributed by atoms with van der Waals surface area (Å²) in [5, 5.41) is 8.94. The summed E-state index contributed by atoms with van der Waals surface area (Å²) in [7, 11) is 0. The largest absolute Gasteiger partial charge is 0.475 e. The molecule has 6 heteroatoms. The molecule has 0 aliphatic carbocycles. The van der Waals surface area contributed by atoms with Crippen molar-refractivity contribution in [3.05, 3.63) is 39.9 Å². The van der Waals surface area contributed by atoms with Crippen molar-refractivity contribution >= 4 is 21.9 Å². The van der Waals surface area contributed by atoms with Gasteiger partial charge in [-0.15, -0.1) is 0 Å². The third kappa shape index (κ3) is 2.15. The lowest BCUT2D eigenvalue weighted by Gasteiger charge is -1.99. The second-order valence-electron chi connectivity index (χ2n) is 3.55. The van der Waals surface area contributed by atoms with Gasteiger partial charge in [0.25, 0.3) is 0 Å². The Morgan fingerprint density at radius 1 is 1.56 bits per heavy atom. The summed E-state index contributed by atoms with van der Waals surface area (Å²) in [5.74, 6) is -2.01. The van der Waals surface area contributed by atoms with Gasteiger partial charge in [-0.2, -0.15) is 0 Å². The first-order chi connectivity index (χ1) is 8.54. The van der Waals surface area contributed by atoms with Crippen molar-refractivity contribution in [2.75, 3.05) is 0 Å². The predicted octanol–water partition coefficient (Wildman–Crippen LogP) is 3.50. The molecule has 1 aromatic carbocycles. The molecule has 0 spiro atoms. The fourth-order valence-electron chi connectivity index (χ4n) is 1.54. The summed E-state index contributed by atoms with van der Waals surface area (Å²) < 4.78 is 19.2. The van der Waals surface area contributed by atoms with E-state index in [0.29, 0.717) is 12.1 Å². The topological polar surface area (TPSA) is 63.3 Å². The van der Waals surface area contributed by atoms with Gasteiger partial charge in [0.15, 0.2) is 0 Å². The number of aryl methyl sites for hydroxylation is 1. The summed E-state index contributed by atoms with van der Waals surface area (Å²) in [6.45, 7) is 1.76. The lowest BCUT2D eigenvalue weighted by molar-refractivity contribution is 0.0661. The number of halogens is 2. The van der Waals surface area contributed by atoms with Crippen LogP contribution in [0.4, 0.5) is 4.39 Å². The molecule has 1 N–H and O–H groups in total. The third-order valence-electron chi connectivity index (χ3n) is 2.41. The zero-order chi connectivity index (χ0) is 13.3. The minimum Gasteiger partial charge on any atom is -0.475 e. The molecule has 1 heterocycles. The Bertz CT molecular complexity index is 609. The number of oxazole rings is 1. The molecule has 1 aromatic heterocycles. The van der Waals surface area contributed by atoms with Gasteiger partial charge in [-0.1, -0.05) is 13.0 Å². The first-order valence-corrected chi connectivity index (χ1v) is 6.01. The Morgan fingerprint density at radius 2 is 2.28 bits per heavy atom. The lowest BCUT2D eigenvalue weighted by Crippen LogP contribution is -1.98. The molecule has 0 saturated carbocycles. The van der Waals surface area contributed by atoms with Gasteiger partial charge >= 0.3 is 5.97 Å². The van der Waals surface area contributed by atoms with Gasteiger partial charge in [-0.3, -0.25) is 0 Å². The first kappa shape index (κ1) is 12.8. The van der Waals surface area contributed by atoms with E-state index in [2.05, 4.69) is 20.9 Å². The number of hydrogen-bond donors (Lipinski definition) is 1. The highest BCUT2D eigenvalue weighted by atomic mass is 79.9. The van der Waals surface area contributed by atoms with Crippen LogP contribution < -0.4 is 0 Å². The number of carboxylic acid groups (broad SMARTS) is 1. The van der Waals surface area contributed by atoms with E-state index in [1.807, 2.05) is 0 Å². The van der Waals surface area contributed by atoms with Crippen LogP contribution in [-0.4, -0.2) is 16.1 Å². The van der Waals surface area contributed by atoms with Gasteiger partial charge in [0.05, 0.1) is 15.7 Å². The van der Waals surface area contributed by atoms with E-state index in [1.165, 1.54) is 6.07 Å². The smallest absolute Gasteiger partial charge is 0.373 e. The van der Waals surface area contributed by atoms with Crippen LogP contribution in [0, 0.1) is 5.82 Å². The van der Waals surface area contributed by atoms with E-state index in [0.717, 1.165) is 0 Å². The average Bonchev–Trinajstić information content (AvgIpc) is 2.76. The van der Waals surface area contributed by atoms with Gasteiger partial charge in [0.2, 0.25) is 11.7 Å². The van der Waals surface area contributed by atoms with Crippen LogP contribution in [0.5, 0.6) is 0 Å². The molecule has 0 bridgehead atoms. The molecule has 0 aliphatic rings. The van der Waals surface area contributed by atoms with E-state index >= 15 is 0 Å². The van der Waals surface area contributed by atoms with Crippen molar-refractivity contribution in [3.8, 4) is 11.5 Å². The second kappa shape index (κ2) is 4.89. The Kier molecular flexibility index (Phi) is 3.47. The second-order valence-corrected chi connectivity index (χ2v) is 4.41. The van der Waals surface area contributed by atoms with Crippen molar-refractivity contribution in [2.45, 2.75) is 13.3 Å². The minimum atomic E-state index is -1.21. The highest BCUT2D eigenvalue weighted by Crippen LogP contribution is 2.28. The van der Waals surface area contributed by atoms with Crippen LogP contribution >= 0.6 is 15.9 Å². The molecule has 0 atom stereocenters. The van der Waals surface area contributed by atoms with E-state index < -0.39 is 11.8 Å². The van der Waals surface area contributed by atoms with Crippen LogP contribution in [0.3, 0.4) is 0 Å². The van der Waals surface area contributed by atoms with E-state index in [1.54, 1.807) is 19.1 Å². The Hall–Kier alpha value is -1.69. The zero-order valence-electron chi connectivity index (χ0n) is 9.41. The maximum Gasteiger partial charge on any atom is 0.373 e. The monoisotopic (exact) mass is 313 g/mol. The van der Waals surface area contributed by atoms with Gasteiger partial charge in [0.1, 0.15) is 5.82 Å². The fraction of sp³-hybridized carbons (Fsp3) is 0.167. The Morgan fingerprint density at radius 3 is 2.83 bits per heavy atom. The molecule has 0 radical (unpaired) electrons. The van der Waals surface area contributed by atoms with Crippen LogP contribution in [-0.2, 0) is 6.42 Å². The summed E-state index contributed by atoms with van der Waals surface area (Å²) in [4.78, 5) is 15.0. The summed E-state index contributed by atoms with van der Waals surface area (Å²) in [5.41, 5.74) is 0.434. The maximum atomic E-state index is 13.8. The molecule has 0 aliphatic heterocycles. The van der Waals surface area contributed by atoms with Gasteiger partial charge in [0, 0.05) is 0 Å². The Balaban J connectivity index is 2.58. The van der Waals surface area contributed by atoms with Crippen LogP contribution in [0.25, 0.3) is 11.5 Å². The van der Waals surface area contributed by atoms with Crippen LogP contribution in [0.1, 0.15) is 23.2 Å². The normalized spacial score (nSPS) is 10.6. The number of carbonyl (C=O) groups is 1. The molecule has 4 nitrogen and oxygen atoms in total. The van der Waals surface area contributed by atoms with Crippen molar-refractivity contribution in [2.24, 2.45) is 0 Å². The third-order valence-corrected chi connectivity index (χ3v) is 3.02. The number of benzene rings is 1. The van der Waals surface area contributed by atoms with Gasteiger partial charge in [-0.05, 0) is 34.5 Å². The number of aromatic carboxylic acids is 1. The molecule has 2 aromatic rings. The Labute approximate surface area is 111 Å². The van der Waals surface area contributed by atoms with Crippen molar-refractivity contribution < 1.29 is 18.7 Å². The van der Waals surface area contributed by atoms with Crippen LogP contribution in [0.15, 0.2) is 27.1 Å². The molecular weight excluding hydrogens is 305 g/mol. The quantitative estimate of drug-likeness (QED) is 0.942. The van der Waals surface area contributed by atoms with Crippen molar-refractivity contribution in [1.82, 2.24) is 4.98 Å². The highest BCUT2D eigenvalue weighted by Gasteiger charge is 2.21. The van der Waals surface area contributed by atoms with Gasteiger partial charge < -0.3 is 9.52 Å².